The highest BCUT2D eigenvalue weighted by molar-refractivity contribution is 7.99. The van der Waals surface area contributed by atoms with Gasteiger partial charge in [0.15, 0.2) is 5.16 Å². The average molecular weight is 426 g/mol. The minimum absolute atomic E-state index is 0.0122. The summed E-state index contributed by atoms with van der Waals surface area (Å²) < 4.78 is 44.8. The Balaban J connectivity index is 1.76. The van der Waals surface area contributed by atoms with E-state index < -0.39 is 17.6 Å². The highest BCUT2D eigenvalue weighted by Crippen LogP contribution is 2.36. The Bertz CT molecular complexity index is 866. The number of alkyl halides is 3. The van der Waals surface area contributed by atoms with Gasteiger partial charge < -0.3 is 15.0 Å². The molecule has 1 N–H and O–H groups in total. The van der Waals surface area contributed by atoms with Gasteiger partial charge in [-0.2, -0.15) is 13.2 Å². The number of benzene rings is 1. The quantitative estimate of drug-likeness (QED) is 0.581. The maximum absolute atomic E-state index is 13.2. The fraction of sp³-hybridized carbons (Fsp3) is 0.421. The Labute approximate surface area is 170 Å². The van der Waals surface area contributed by atoms with Crippen molar-refractivity contribution in [2.24, 2.45) is 0 Å². The van der Waals surface area contributed by atoms with Crippen molar-refractivity contribution in [2.45, 2.75) is 25.2 Å². The summed E-state index contributed by atoms with van der Waals surface area (Å²) in [6, 6.07) is 5.21. The van der Waals surface area contributed by atoms with Crippen molar-refractivity contribution in [2.75, 3.05) is 42.3 Å². The Morgan fingerprint density at radius 2 is 1.83 bits per heavy atom. The topological polar surface area (TPSA) is 67.4 Å². The number of ether oxygens (including phenoxy) is 1. The molecule has 6 nitrogen and oxygen atoms in total. The number of nitrogens with zero attached hydrogens (tertiary/aromatic N) is 3. The van der Waals surface area contributed by atoms with Gasteiger partial charge in [0, 0.05) is 24.5 Å². The fourth-order valence-corrected chi connectivity index (χ4v) is 3.72. The number of hydrogen-bond acceptors (Lipinski definition) is 6. The van der Waals surface area contributed by atoms with E-state index in [-0.39, 0.29) is 11.4 Å². The third-order valence-electron chi connectivity index (χ3n) is 4.24. The summed E-state index contributed by atoms with van der Waals surface area (Å²) >= 11 is 1.14. The van der Waals surface area contributed by atoms with Gasteiger partial charge in [-0.3, -0.25) is 4.79 Å². The van der Waals surface area contributed by atoms with Crippen LogP contribution >= 0.6 is 11.8 Å². The van der Waals surface area contributed by atoms with Crippen LogP contribution in [0, 0.1) is 13.8 Å². The van der Waals surface area contributed by atoms with Gasteiger partial charge in [0.25, 0.3) is 0 Å². The van der Waals surface area contributed by atoms with Gasteiger partial charge in [-0.05, 0) is 38.1 Å². The molecule has 1 saturated heterocycles. The molecule has 1 aliphatic rings. The number of aromatic nitrogens is 2. The number of aryl methyl sites for hydroxylation is 2. The van der Waals surface area contributed by atoms with Gasteiger partial charge in [-0.1, -0.05) is 11.8 Å². The summed E-state index contributed by atoms with van der Waals surface area (Å²) in [4.78, 5) is 22.8. The first kappa shape index (κ1) is 21.4. The van der Waals surface area contributed by atoms with E-state index in [0.717, 1.165) is 35.3 Å². The van der Waals surface area contributed by atoms with Gasteiger partial charge >= 0.3 is 6.18 Å². The number of morpholine rings is 1. The van der Waals surface area contributed by atoms with Crippen LogP contribution in [0.2, 0.25) is 0 Å². The molecule has 0 aliphatic carbocycles. The van der Waals surface area contributed by atoms with E-state index >= 15 is 0 Å². The van der Waals surface area contributed by atoms with Crippen molar-refractivity contribution in [3.8, 4) is 0 Å². The van der Waals surface area contributed by atoms with Crippen molar-refractivity contribution in [3.63, 3.8) is 0 Å². The number of nitrogens with one attached hydrogen (secondary N) is 1. The summed E-state index contributed by atoms with van der Waals surface area (Å²) in [6.45, 7) is 5.70. The molecule has 29 heavy (non-hydrogen) atoms. The second kappa shape index (κ2) is 9.00. The monoisotopic (exact) mass is 426 g/mol. The number of rotatable bonds is 5. The van der Waals surface area contributed by atoms with E-state index in [0.29, 0.717) is 37.1 Å². The predicted molar refractivity (Wildman–Crippen MR) is 105 cm³/mol. The smallest absolute Gasteiger partial charge is 0.378 e. The van der Waals surface area contributed by atoms with Crippen molar-refractivity contribution < 1.29 is 22.7 Å². The van der Waals surface area contributed by atoms with Crippen molar-refractivity contribution in [3.05, 3.63) is 41.2 Å². The zero-order valence-corrected chi connectivity index (χ0v) is 16.9. The third-order valence-corrected chi connectivity index (χ3v) is 5.09. The normalized spacial score (nSPS) is 14.7. The van der Waals surface area contributed by atoms with Crippen molar-refractivity contribution in [1.82, 2.24) is 9.97 Å². The largest absolute Gasteiger partial charge is 0.416 e. The lowest BCUT2D eigenvalue weighted by atomic mass is 10.1. The van der Waals surface area contributed by atoms with E-state index in [1.807, 2.05) is 24.8 Å². The minimum Gasteiger partial charge on any atom is -0.378 e. The van der Waals surface area contributed by atoms with Crippen molar-refractivity contribution >= 4 is 29.0 Å². The summed E-state index contributed by atoms with van der Waals surface area (Å²) in [5.41, 5.74) is 1.44. The number of hydrogen-bond donors (Lipinski definition) is 1. The maximum Gasteiger partial charge on any atom is 0.416 e. The van der Waals surface area contributed by atoms with Gasteiger partial charge in [-0.15, -0.1) is 0 Å². The molecule has 3 rings (SSSR count). The van der Waals surface area contributed by atoms with Crippen LogP contribution in [0.3, 0.4) is 0 Å². The number of carbonyl (C=O) groups is 1. The number of halogens is 3. The number of carbonyl (C=O) groups excluding carboxylic acids is 1. The van der Waals surface area contributed by atoms with Crippen LogP contribution < -0.4 is 10.2 Å². The van der Waals surface area contributed by atoms with Crippen LogP contribution in [0.1, 0.15) is 17.0 Å². The molecule has 2 aromatic rings. The second-order valence-corrected chi connectivity index (χ2v) is 7.54. The van der Waals surface area contributed by atoms with Crippen LogP contribution in [0.15, 0.2) is 29.4 Å². The molecule has 1 aromatic carbocycles. The van der Waals surface area contributed by atoms with E-state index in [4.69, 9.17) is 4.74 Å². The summed E-state index contributed by atoms with van der Waals surface area (Å²) in [5, 5.41) is 3.08. The molecule has 0 atom stereocenters. The second-order valence-electron chi connectivity index (χ2n) is 6.60. The van der Waals surface area contributed by atoms with E-state index in [1.165, 1.54) is 6.07 Å². The van der Waals surface area contributed by atoms with Crippen LogP contribution in [0.4, 0.5) is 24.5 Å². The molecule has 1 fully saturated rings. The summed E-state index contributed by atoms with van der Waals surface area (Å²) in [6.07, 6.45) is -4.50. The minimum atomic E-state index is -4.50. The SMILES string of the molecule is Cc1cc(C)nc(SCC(=O)Nc2cc(C(F)(F)F)ccc2N2CCOCC2)n1. The molecule has 1 amide bonds. The first-order chi connectivity index (χ1) is 13.7. The Morgan fingerprint density at radius 3 is 2.45 bits per heavy atom. The predicted octanol–water partition coefficient (Wildman–Crippen LogP) is 3.68. The van der Waals surface area contributed by atoms with E-state index in [9.17, 15) is 18.0 Å². The van der Waals surface area contributed by atoms with Crippen LogP contribution in [-0.4, -0.2) is 47.9 Å². The molecule has 0 unspecified atom stereocenters. The molecule has 0 spiro atoms. The molecule has 1 aliphatic heterocycles. The highest BCUT2D eigenvalue weighted by atomic mass is 32.2. The van der Waals surface area contributed by atoms with Crippen LogP contribution in [-0.2, 0) is 15.7 Å². The summed E-state index contributed by atoms with van der Waals surface area (Å²) in [5.74, 6) is -0.437. The van der Waals surface area contributed by atoms with Gasteiger partial charge in [0.05, 0.1) is 35.9 Å². The number of amides is 1. The molecule has 1 aromatic heterocycles. The Morgan fingerprint density at radius 1 is 1.17 bits per heavy atom. The number of thioether (sulfide) groups is 1. The van der Waals surface area contributed by atoms with Gasteiger partial charge in [0.1, 0.15) is 0 Å². The molecule has 10 heteroatoms. The van der Waals surface area contributed by atoms with Crippen LogP contribution in [0.25, 0.3) is 0 Å². The summed E-state index contributed by atoms with van der Waals surface area (Å²) in [7, 11) is 0. The third kappa shape index (κ3) is 5.83. The first-order valence-electron chi connectivity index (χ1n) is 9.01. The zero-order chi connectivity index (χ0) is 21.0. The molecule has 0 radical (unpaired) electrons. The standard InChI is InChI=1S/C19H21F3N4O2S/c1-12-9-13(2)24-18(23-12)29-11-17(27)25-15-10-14(19(20,21)22)3-4-16(15)26-5-7-28-8-6-26/h3-4,9-10H,5-8,11H2,1-2H3,(H,25,27). The van der Waals surface area contributed by atoms with Gasteiger partial charge in [-0.25, -0.2) is 9.97 Å². The molecular weight excluding hydrogens is 405 g/mol. The van der Waals surface area contributed by atoms with Crippen LogP contribution in [0.5, 0.6) is 0 Å². The lowest BCUT2D eigenvalue weighted by Gasteiger charge is -2.31. The van der Waals surface area contributed by atoms with Gasteiger partial charge in [0.2, 0.25) is 5.91 Å². The molecule has 0 bridgehead atoms. The van der Waals surface area contributed by atoms with Crippen molar-refractivity contribution in [1.29, 1.82) is 0 Å². The Hall–Kier alpha value is -2.33. The first-order valence-corrected chi connectivity index (χ1v) is 10.00. The average Bonchev–Trinajstić information content (AvgIpc) is 2.65. The fourth-order valence-electron chi connectivity index (χ4n) is 2.97. The lowest BCUT2D eigenvalue weighted by molar-refractivity contribution is -0.137. The maximum atomic E-state index is 13.2. The molecule has 0 saturated carbocycles. The molecular formula is C19H21F3N4O2S. The van der Waals surface area contributed by atoms with E-state index in [1.54, 1.807) is 0 Å². The zero-order valence-electron chi connectivity index (χ0n) is 16.0. The molecule has 2 heterocycles. The Kier molecular flexibility index (Phi) is 6.63. The highest BCUT2D eigenvalue weighted by Gasteiger charge is 2.32. The number of anilines is 2. The van der Waals surface area contributed by atoms with E-state index in [2.05, 4.69) is 15.3 Å². The molecule has 156 valence electrons. The lowest BCUT2D eigenvalue weighted by Crippen LogP contribution is -2.37.